The van der Waals surface area contributed by atoms with E-state index in [9.17, 15) is 22.8 Å². The molecule has 0 saturated carbocycles. The van der Waals surface area contributed by atoms with Crippen molar-refractivity contribution in [3.05, 3.63) is 42.9 Å². The summed E-state index contributed by atoms with van der Waals surface area (Å²) in [4.78, 5) is 29.3. The van der Waals surface area contributed by atoms with E-state index in [0.29, 0.717) is 12.4 Å². The normalized spacial score (nSPS) is 13.5. The molecule has 0 aliphatic heterocycles. The smallest absolute Gasteiger partial charge is 0.433 e. The molecule has 45 heavy (non-hydrogen) atoms. The molecule has 2 rings (SSSR count). The van der Waals surface area contributed by atoms with E-state index in [2.05, 4.69) is 46.9 Å². The van der Waals surface area contributed by atoms with Crippen LogP contribution in [0.3, 0.4) is 0 Å². The van der Waals surface area contributed by atoms with Crippen LogP contribution >= 0.6 is 0 Å². The van der Waals surface area contributed by atoms with Crippen LogP contribution in [0.15, 0.2) is 37.1 Å². The maximum Gasteiger partial charge on any atom is 0.433 e. The Bertz CT molecular complexity index is 1290. The molecule has 0 bridgehead atoms. The molecule has 0 aliphatic carbocycles. The van der Waals surface area contributed by atoms with Crippen molar-refractivity contribution in [2.75, 3.05) is 31.0 Å². The van der Waals surface area contributed by atoms with E-state index in [1.54, 1.807) is 37.6 Å². The van der Waals surface area contributed by atoms with Gasteiger partial charge in [0, 0.05) is 44.4 Å². The summed E-state index contributed by atoms with van der Waals surface area (Å²) in [6.45, 7) is 17.5. The van der Waals surface area contributed by atoms with E-state index in [1.807, 2.05) is 0 Å². The molecule has 0 aliphatic rings. The van der Waals surface area contributed by atoms with Crippen molar-refractivity contribution in [1.29, 1.82) is 0 Å². The third-order valence-corrected chi connectivity index (χ3v) is 7.79. The second-order valence-electron chi connectivity index (χ2n) is 12.4. The Morgan fingerprint density at radius 3 is 2.40 bits per heavy atom. The highest BCUT2D eigenvalue weighted by molar-refractivity contribution is 6.76. The van der Waals surface area contributed by atoms with Gasteiger partial charge in [-0.15, -0.1) is 6.58 Å². The SMILES string of the molecule is C=CC[C@H](NC(=O)OC(C)(C)C)c1nc(-c2ccc(NC(=O)OC)cc2NC(OCC)C(F)(F)F)cn1COCC[Si](C)(C)C. The van der Waals surface area contributed by atoms with Crippen molar-refractivity contribution in [3.63, 3.8) is 0 Å². The van der Waals surface area contributed by atoms with E-state index in [0.717, 1.165) is 6.04 Å². The van der Waals surface area contributed by atoms with Crippen LogP contribution in [0, 0.1) is 0 Å². The summed E-state index contributed by atoms with van der Waals surface area (Å²) in [7, 11) is -0.220. The standard InChI is InChI=1S/C30H46F3N5O6Si/c1-10-12-22(37-28(40)44-29(3,4)5)25-35-24(18-38(25)19-42-15-16-45(7,8)9)21-14-13-20(34-27(39)41-6)17-23(21)36-26(43-11-2)30(31,32)33/h10,13-14,17-18,22,26,36H,1,11-12,15-16,19H2,2-9H3,(H,34,39)(H,37,40)/t22-,26?/m0/s1. The Balaban J connectivity index is 2.64. The van der Waals surface area contributed by atoms with Crippen LogP contribution in [0.4, 0.5) is 34.1 Å². The van der Waals surface area contributed by atoms with Crippen molar-refractivity contribution < 1.29 is 41.7 Å². The van der Waals surface area contributed by atoms with E-state index in [1.165, 1.54) is 32.2 Å². The lowest BCUT2D eigenvalue weighted by atomic mass is 10.1. The Labute approximate surface area is 263 Å². The lowest BCUT2D eigenvalue weighted by Gasteiger charge is -2.24. The molecule has 1 aromatic carbocycles. The van der Waals surface area contributed by atoms with Gasteiger partial charge in [0.15, 0.2) is 0 Å². The fraction of sp³-hybridized carbons (Fsp3) is 0.567. The fourth-order valence-electron chi connectivity index (χ4n) is 3.99. The minimum atomic E-state index is -4.75. The lowest BCUT2D eigenvalue weighted by Crippen LogP contribution is -2.38. The third-order valence-electron chi connectivity index (χ3n) is 6.08. The van der Waals surface area contributed by atoms with Crippen molar-refractivity contribution in [3.8, 4) is 11.3 Å². The number of nitrogens with one attached hydrogen (secondary N) is 3. The maximum atomic E-state index is 13.9. The zero-order valence-electron chi connectivity index (χ0n) is 27.3. The van der Waals surface area contributed by atoms with Gasteiger partial charge in [-0.2, -0.15) is 13.2 Å². The topological polar surface area (TPSA) is 125 Å². The molecule has 15 heteroatoms. The van der Waals surface area contributed by atoms with Crippen LogP contribution in [0.25, 0.3) is 11.3 Å². The van der Waals surface area contributed by atoms with Gasteiger partial charge in [0.1, 0.15) is 18.2 Å². The summed E-state index contributed by atoms with van der Waals surface area (Å²) in [5.74, 6) is 0.378. The number of carbonyl (C=O) groups excluding carboxylic acids is 2. The molecule has 0 fully saturated rings. The van der Waals surface area contributed by atoms with E-state index < -0.39 is 44.3 Å². The highest BCUT2D eigenvalue weighted by atomic mass is 28.3. The molecule has 11 nitrogen and oxygen atoms in total. The van der Waals surface area contributed by atoms with Gasteiger partial charge in [-0.1, -0.05) is 25.7 Å². The first-order valence-electron chi connectivity index (χ1n) is 14.6. The quantitative estimate of drug-likeness (QED) is 0.0778. The predicted octanol–water partition coefficient (Wildman–Crippen LogP) is 7.52. The number of alkyl carbamates (subject to hydrolysis) is 1. The Hall–Kier alpha value is -3.56. The zero-order chi connectivity index (χ0) is 34.0. The Morgan fingerprint density at radius 2 is 1.84 bits per heavy atom. The van der Waals surface area contributed by atoms with Gasteiger partial charge >= 0.3 is 18.4 Å². The summed E-state index contributed by atoms with van der Waals surface area (Å²) in [6.07, 6.45) is -5.04. The number of amides is 2. The average Bonchev–Trinajstić information content (AvgIpc) is 3.32. The van der Waals surface area contributed by atoms with Crippen LogP contribution in [0.2, 0.25) is 25.7 Å². The van der Waals surface area contributed by atoms with Gasteiger partial charge in [-0.3, -0.25) is 5.32 Å². The predicted molar refractivity (Wildman–Crippen MR) is 170 cm³/mol. The molecular formula is C30H46F3N5O6Si. The Morgan fingerprint density at radius 1 is 1.16 bits per heavy atom. The molecule has 3 N–H and O–H groups in total. The van der Waals surface area contributed by atoms with Crippen LogP contribution in [-0.4, -0.2) is 68.1 Å². The second-order valence-corrected chi connectivity index (χ2v) is 18.0. The van der Waals surface area contributed by atoms with Gasteiger partial charge in [0.2, 0.25) is 6.23 Å². The van der Waals surface area contributed by atoms with Gasteiger partial charge < -0.3 is 34.1 Å². The molecule has 2 atom stereocenters. The number of methoxy groups -OCH3 is 1. The van der Waals surface area contributed by atoms with Gasteiger partial charge in [0.05, 0.1) is 18.8 Å². The largest absolute Gasteiger partial charge is 0.453 e. The van der Waals surface area contributed by atoms with Crippen molar-refractivity contribution in [1.82, 2.24) is 14.9 Å². The van der Waals surface area contributed by atoms with E-state index in [4.69, 9.17) is 19.2 Å². The molecule has 1 heterocycles. The number of imidazole rings is 1. The van der Waals surface area contributed by atoms with E-state index in [-0.39, 0.29) is 42.4 Å². The van der Waals surface area contributed by atoms with E-state index >= 15 is 0 Å². The number of anilines is 2. The summed E-state index contributed by atoms with van der Waals surface area (Å²) >= 11 is 0. The first-order chi connectivity index (χ1) is 20.9. The van der Waals surface area contributed by atoms with Crippen molar-refractivity contribution >= 4 is 31.6 Å². The Kier molecular flexibility index (Phi) is 13.5. The number of ether oxygens (including phenoxy) is 4. The number of aromatic nitrogens is 2. The highest BCUT2D eigenvalue weighted by Gasteiger charge is 2.41. The monoisotopic (exact) mass is 657 g/mol. The minimum absolute atomic E-state index is 0.0177. The van der Waals surface area contributed by atoms with Gasteiger partial charge in [-0.25, -0.2) is 14.6 Å². The number of halogens is 3. The number of rotatable bonds is 15. The molecule has 0 saturated heterocycles. The number of benzene rings is 1. The number of alkyl halides is 3. The van der Waals surface area contributed by atoms with Crippen LogP contribution < -0.4 is 16.0 Å². The molecule has 1 aromatic heterocycles. The number of hydrogen-bond donors (Lipinski definition) is 3. The average molecular weight is 658 g/mol. The summed E-state index contributed by atoms with van der Waals surface area (Å²) in [5.41, 5.74) is -0.0363. The summed E-state index contributed by atoms with van der Waals surface area (Å²) < 4.78 is 64.3. The first-order valence-corrected chi connectivity index (χ1v) is 18.3. The maximum absolute atomic E-state index is 13.9. The fourth-order valence-corrected chi connectivity index (χ4v) is 4.74. The minimum Gasteiger partial charge on any atom is -0.453 e. The summed E-state index contributed by atoms with van der Waals surface area (Å²) in [6, 6.07) is 4.56. The first kappa shape index (κ1) is 37.6. The molecule has 0 radical (unpaired) electrons. The lowest BCUT2D eigenvalue weighted by molar-refractivity contribution is -0.209. The van der Waals surface area contributed by atoms with Crippen molar-refractivity contribution in [2.45, 2.75) is 90.6 Å². The van der Waals surface area contributed by atoms with Gasteiger partial charge in [0.25, 0.3) is 0 Å². The molecule has 2 amide bonds. The molecular weight excluding hydrogens is 611 g/mol. The third kappa shape index (κ3) is 12.8. The number of carbonyl (C=O) groups is 2. The summed E-state index contributed by atoms with van der Waals surface area (Å²) in [5, 5.41) is 7.68. The zero-order valence-corrected chi connectivity index (χ0v) is 28.3. The number of nitrogens with zero attached hydrogens (tertiary/aromatic N) is 2. The molecule has 2 aromatic rings. The second kappa shape index (κ2) is 16.1. The van der Waals surface area contributed by atoms with Crippen molar-refractivity contribution in [2.24, 2.45) is 0 Å². The molecule has 1 unspecified atom stereocenters. The number of hydrogen-bond acceptors (Lipinski definition) is 8. The van der Waals surface area contributed by atoms with Crippen LogP contribution in [0.1, 0.15) is 46.0 Å². The highest BCUT2D eigenvalue weighted by Crippen LogP contribution is 2.35. The molecule has 0 spiro atoms. The van der Waals surface area contributed by atoms with Gasteiger partial charge in [-0.05, 0) is 58.4 Å². The molecule has 252 valence electrons. The van der Waals surface area contributed by atoms with Crippen LogP contribution in [-0.2, 0) is 25.7 Å². The van der Waals surface area contributed by atoms with Crippen LogP contribution in [0.5, 0.6) is 0 Å².